The summed E-state index contributed by atoms with van der Waals surface area (Å²) >= 11 is 0. The van der Waals surface area contributed by atoms with E-state index in [0.29, 0.717) is 5.70 Å². The van der Waals surface area contributed by atoms with E-state index in [-0.39, 0.29) is 5.84 Å². The zero-order valence-electron chi connectivity index (χ0n) is 4.28. The predicted molar refractivity (Wildman–Crippen MR) is 30.1 cm³/mol. The van der Waals surface area contributed by atoms with Gasteiger partial charge in [-0.15, -0.1) is 0 Å². The molecule has 0 saturated carbocycles. The third-order valence-corrected chi connectivity index (χ3v) is 0.627. The van der Waals surface area contributed by atoms with Gasteiger partial charge in [0.15, 0.2) is 0 Å². The average Bonchev–Trinajstić information content (AvgIpc) is 1.65. The first-order valence-corrected chi connectivity index (χ1v) is 1.89. The molecule has 0 radical (unpaired) electrons. The van der Waals surface area contributed by atoms with E-state index in [1.165, 1.54) is 0 Å². The normalized spacial score (nSPS) is 7.57. The third kappa shape index (κ3) is 1.81. The van der Waals surface area contributed by atoms with Gasteiger partial charge in [0.25, 0.3) is 0 Å². The van der Waals surface area contributed by atoms with Crippen molar-refractivity contribution in [1.29, 1.82) is 5.41 Å². The molecule has 0 aliphatic heterocycles. The molecule has 0 fully saturated rings. The minimum absolute atomic E-state index is 0.0116. The first kappa shape index (κ1) is 6.01. The molecule has 0 unspecified atom stereocenters. The largest absolute Gasteiger partial charge is 0.386 e. The van der Waals surface area contributed by atoms with Crippen LogP contribution in [0.1, 0.15) is 0 Å². The van der Waals surface area contributed by atoms with E-state index in [1.807, 2.05) is 0 Å². The van der Waals surface area contributed by atoms with Crippen LogP contribution in [-0.4, -0.2) is 12.9 Å². The van der Waals surface area contributed by atoms with Gasteiger partial charge in [-0.25, -0.2) is 0 Å². The summed E-state index contributed by atoms with van der Waals surface area (Å²) < 4.78 is 0. The second kappa shape index (κ2) is 2.23. The second-order valence-electron chi connectivity index (χ2n) is 1.14. The van der Waals surface area contributed by atoms with Crippen LogP contribution in [0.15, 0.2) is 12.3 Å². The molecule has 4 N–H and O–H groups in total. The summed E-state index contributed by atoms with van der Waals surface area (Å²) in [5.41, 5.74) is 5.43. The van der Waals surface area contributed by atoms with Gasteiger partial charge in [0, 0.05) is 7.05 Å². The molecule has 3 nitrogen and oxygen atoms in total. The fraction of sp³-hybridized carbons (Fsp3) is 0.250. The van der Waals surface area contributed by atoms with Gasteiger partial charge in [0.05, 0.1) is 5.70 Å². The Morgan fingerprint density at radius 2 is 2.29 bits per heavy atom. The highest BCUT2D eigenvalue weighted by molar-refractivity contribution is 5.92. The van der Waals surface area contributed by atoms with Gasteiger partial charge >= 0.3 is 0 Å². The first-order valence-electron chi connectivity index (χ1n) is 1.89. The summed E-state index contributed by atoms with van der Waals surface area (Å²) in [7, 11) is 1.67. The van der Waals surface area contributed by atoms with Gasteiger partial charge in [0.2, 0.25) is 0 Å². The van der Waals surface area contributed by atoms with Crippen molar-refractivity contribution in [2.24, 2.45) is 5.73 Å². The van der Waals surface area contributed by atoms with Gasteiger partial charge in [-0.3, -0.25) is 5.41 Å². The minimum Gasteiger partial charge on any atom is -0.386 e. The molecular weight excluding hydrogens is 90.1 g/mol. The summed E-state index contributed by atoms with van der Waals surface area (Å²) in [4.78, 5) is 0. The molecule has 0 saturated heterocycles. The Balaban J connectivity index is 3.58. The molecular formula is C4H9N3. The van der Waals surface area contributed by atoms with Crippen LogP contribution >= 0.6 is 0 Å². The molecule has 40 valence electrons. The van der Waals surface area contributed by atoms with Crippen LogP contribution in [0.5, 0.6) is 0 Å². The maximum atomic E-state index is 6.72. The van der Waals surface area contributed by atoms with E-state index in [1.54, 1.807) is 7.05 Å². The van der Waals surface area contributed by atoms with Crippen LogP contribution in [0.4, 0.5) is 0 Å². The van der Waals surface area contributed by atoms with Gasteiger partial charge in [0.1, 0.15) is 5.84 Å². The molecule has 0 spiro atoms. The Morgan fingerprint density at radius 1 is 1.86 bits per heavy atom. The van der Waals surface area contributed by atoms with Crippen molar-refractivity contribution < 1.29 is 0 Å². The topological polar surface area (TPSA) is 61.9 Å². The number of nitrogens with one attached hydrogen (secondary N) is 2. The Hall–Kier alpha value is -0.990. The van der Waals surface area contributed by atoms with Crippen molar-refractivity contribution in [3.63, 3.8) is 0 Å². The Kier molecular flexibility index (Phi) is 1.91. The maximum Gasteiger partial charge on any atom is 0.138 e. The van der Waals surface area contributed by atoms with E-state index in [0.717, 1.165) is 0 Å². The molecule has 0 heterocycles. The average molecular weight is 99.1 g/mol. The summed E-state index contributed by atoms with van der Waals surface area (Å²) in [6.07, 6.45) is 0. The van der Waals surface area contributed by atoms with Gasteiger partial charge in [-0.1, -0.05) is 6.58 Å². The maximum absolute atomic E-state index is 6.72. The standard InChI is InChI=1S/C4H9N3/c1-3(7-2)4(5)6/h7H,1H2,2H3,(H3,5,6). The van der Waals surface area contributed by atoms with E-state index in [2.05, 4.69) is 11.9 Å². The summed E-state index contributed by atoms with van der Waals surface area (Å²) in [5, 5.41) is 9.34. The van der Waals surface area contributed by atoms with E-state index in [9.17, 15) is 0 Å². The summed E-state index contributed by atoms with van der Waals surface area (Å²) in [6, 6.07) is 0. The lowest BCUT2D eigenvalue weighted by atomic mass is 10.5. The van der Waals surface area contributed by atoms with Crippen LogP contribution in [0.25, 0.3) is 0 Å². The Morgan fingerprint density at radius 3 is 2.29 bits per heavy atom. The lowest BCUT2D eigenvalue weighted by Crippen LogP contribution is -2.21. The van der Waals surface area contributed by atoms with E-state index >= 15 is 0 Å². The minimum atomic E-state index is -0.0116. The highest BCUT2D eigenvalue weighted by Gasteiger charge is 1.87. The van der Waals surface area contributed by atoms with Crippen molar-refractivity contribution in [2.75, 3.05) is 7.05 Å². The van der Waals surface area contributed by atoms with E-state index in [4.69, 9.17) is 11.1 Å². The number of hydrogen-bond acceptors (Lipinski definition) is 2. The molecule has 0 aromatic rings. The Labute approximate surface area is 42.7 Å². The second-order valence-corrected chi connectivity index (χ2v) is 1.14. The lowest BCUT2D eigenvalue weighted by Gasteiger charge is -1.97. The molecule has 0 bridgehead atoms. The van der Waals surface area contributed by atoms with Crippen LogP contribution in [-0.2, 0) is 0 Å². The van der Waals surface area contributed by atoms with E-state index < -0.39 is 0 Å². The highest BCUT2D eigenvalue weighted by atomic mass is 14.9. The van der Waals surface area contributed by atoms with Gasteiger partial charge in [-0.2, -0.15) is 0 Å². The lowest BCUT2D eigenvalue weighted by molar-refractivity contribution is 1.05. The van der Waals surface area contributed by atoms with Crippen molar-refractivity contribution in [2.45, 2.75) is 0 Å². The predicted octanol–water partition coefficient (Wildman–Crippen LogP) is -0.345. The van der Waals surface area contributed by atoms with Crippen molar-refractivity contribution >= 4 is 5.84 Å². The molecule has 0 aliphatic carbocycles. The van der Waals surface area contributed by atoms with Crippen molar-refractivity contribution in [1.82, 2.24) is 5.32 Å². The van der Waals surface area contributed by atoms with Crippen LogP contribution < -0.4 is 11.1 Å². The fourth-order valence-corrected chi connectivity index (χ4v) is 0.135. The van der Waals surface area contributed by atoms with Crippen LogP contribution in [0.2, 0.25) is 0 Å². The molecule has 0 aliphatic rings. The molecule has 0 atom stereocenters. The molecule has 0 aromatic heterocycles. The zero-order valence-corrected chi connectivity index (χ0v) is 4.28. The molecule has 0 amide bonds. The highest BCUT2D eigenvalue weighted by Crippen LogP contribution is 1.74. The smallest absolute Gasteiger partial charge is 0.138 e. The molecule has 7 heavy (non-hydrogen) atoms. The first-order chi connectivity index (χ1) is 3.18. The number of nitrogens with two attached hydrogens (primary N) is 1. The zero-order chi connectivity index (χ0) is 5.86. The van der Waals surface area contributed by atoms with Gasteiger partial charge in [-0.05, 0) is 0 Å². The SMILES string of the molecule is C=C(NC)C(=N)N. The van der Waals surface area contributed by atoms with Crippen molar-refractivity contribution in [3.8, 4) is 0 Å². The van der Waals surface area contributed by atoms with Gasteiger partial charge < -0.3 is 11.1 Å². The third-order valence-electron chi connectivity index (χ3n) is 0.627. The van der Waals surface area contributed by atoms with Crippen LogP contribution in [0.3, 0.4) is 0 Å². The molecule has 3 heteroatoms. The van der Waals surface area contributed by atoms with Crippen LogP contribution in [0, 0.1) is 5.41 Å². The summed E-state index contributed by atoms with van der Waals surface area (Å²) in [6.45, 7) is 3.41. The number of hydrogen-bond donors (Lipinski definition) is 3. The number of amidine groups is 1. The number of rotatable bonds is 2. The van der Waals surface area contributed by atoms with Crippen molar-refractivity contribution in [3.05, 3.63) is 12.3 Å². The summed E-state index contributed by atoms with van der Waals surface area (Å²) in [5.74, 6) is -0.0116. The quantitative estimate of drug-likeness (QED) is 0.327. The Bertz CT molecular complexity index is 95.1. The molecule has 0 aromatic carbocycles. The fourth-order valence-electron chi connectivity index (χ4n) is 0.135. The monoisotopic (exact) mass is 99.1 g/mol. The number of likely N-dealkylation sites (N-methyl/N-ethyl adjacent to an activating group) is 1. The molecule has 0 rings (SSSR count).